The molecule has 1 aliphatic heterocycles. The second kappa shape index (κ2) is 7.33. The number of hydrogen-bond acceptors (Lipinski definition) is 5. The summed E-state index contributed by atoms with van der Waals surface area (Å²) >= 11 is 0. The van der Waals surface area contributed by atoms with Crippen LogP contribution in [0.4, 0.5) is 5.69 Å². The van der Waals surface area contributed by atoms with Gasteiger partial charge >= 0.3 is 0 Å². The molecule has 4 N–H and O–H groups in total. The Morgan fingerprint density at radius 3 is 2.95 bits per heavy atom. The third kappa shape index (κ3) is 3.89. The highest BCUT2D eigenvalue weighted by Crippen LogP contribution is 2.28. The zero-order valence-corrected chi connectivity index (χ0v) is 12.7. The van der Waals surface area contributed by atoms with Gasteiger partial charge in [-0.05, 0) is 48.8 Å². The number of hydrogen-bond donors (Lipinski definition) is 3. The van der Waals surface area contributed by atoms with Crippen molar-refractivity contribution in [3.8, 4) is 0 Å². The number of aryl methyl sites for hydroxylation is 1. The van der Waals surface area contributed by atoms with E-state index in [0.29, 0.717) is 0 Å². The zero-order valence-electron chi connectivity index (χ0n) is 12.7. The van der Waals surface area contributed by atoms with Crippen molar-refractivity contribution < 1.29 is 0 Å². The van der Waals surface area contributed by atoms with Crippen molar-refractivity contribution >= 4 is 11.8 Å². The maximum Gasteiger partial charge on any atom is 0.165 e. The lowest BCUT2D eigenvalue weighted by Crippen LogP contribution is -2.45. The Bertz CT molecular complexity index is 527. The molecule has 0 bridgehead atoms. The quantitative estimate of drug-likeness (QED) is 0.532. The van der Waals surface area contributed by atoms with Crippen molar-refractivity contribution in [2.75, 3.05) is 11.9 Å². The van der Waals surface area contributed by atoms with Crippen LogP contribution in [0, 0.1) is 11.8 Å². The fourth-order valence-corrected chi connectivity index (χ4v) is 2.54. The van der Waals surface area contributed by atoms with Gasteiger partial charge in [-0.1, -0.05) is 31.4 Å². The molecule has 21 heavy (non-hydrogen) atoms. The zero-order chi connectivity index (χ0) is 15.2. The van der Waals surface area contributed by atoms with Crippen LogP contribution in [0.25, 0.3) is 6.08 Å². The molecule has 0 radical (unpaired) electrons. The van der Waals surface area contributed by atoms with E-state index in [1.54, 1.807) is 0 Å². The number of nitrogens with two attached hydrogens (primary N) is 1. The van der Waals surface area contributed by atoms with E-state index >= 15 is 0 Å². The Morgan fingerprint density at radius 1 is 1.43 bits per heavy atom. The first-order valence-electron chi connectivity index (χ1n) is 7.55. The minimum Gasteiger partial charge on any atom is -0.366 e. The van der Waals surface area contributed by atoms with Crippen LogP contribution in [0.1, 0.15) is 37.3 Å². The molecule has 1 aromatic rings. The van der Waals surface area contributed by atoms with Gasteiger partial charge in [-0.3, -0.25) is 5.32 Å². The molecule has 5 heteroatoms. The van der Waals surface area contributed by atoms with E-state index in [2.05, 4.69) is 40.9 Å². The molecule has 0 spiro atoms. The van der Waals surface area contributed by atoms with Crippen LogP contribution in [0.5, 0.6) is 0 Å². The van der Waals surface area contributed by atoms with Gasteiger partial charge in [-0.25, -0.2) is 0 Å². The summed E-state index contributed by atoms with van der Waals surface area (Å²) in [4.78, 5) is 10.8. The highest BCUT2D eigenvalue weighted by atomic mass is 16.3. The van der Waals surface area contributed by atoms with E-state index in [1.807, 2.05) is 13.0 Å². The van der Waals surface area contributed by atoms with E-state index in [4.69, 9.17) is 5.73 Å². The van der Waals surface area contributed by atoms with Gasteiger partial charge in [0.1, 0.15) is 6.17 Å². The number of nitrogens with zero attached hydrogens (tertiary/aromatic N) is 1. The average Bonchev–Trinajstić information content (AvgIpc) is 2.50. The first-order chi connectivity index (χ1) is 10.2. The summed E-state index contributed by atoms with van der Waals surface area (Å²) in [7, 11) is 0. The minimum atomic E-state index is -0.824. The Balaban J connectivity index is 2.17. The Hall–Kier alpha value is -1.72. The molecule has 1 aromatic carbocycles. The van der Waals surface area contributed by atoms with Crippen LogP contribution >= 0.6 is 0 Å². The molecular formula is C16H24N4O. The van der Waals surface area contributed by atoms with E-state index in [1.165, 1.54) is 18.4 Å². The number of benzene rings is 1. The normalized spacial score (nSPS) is 18.4. The van der Waals surface area contributed by atoms with Crippen LogP contribution in [-0.4, -0.2) is 18.9 Å². The molecule has 0 fully saturated rings. The van der Waals surface area contributed by atoms with Gasteiger partial charge in [-0.15, -0.1) is 4.91 Å². The number of unbranched alkanes of at least 4 members (excludes halogenated alkanes) is 2. The Labute approximate surface area is 126 Å². The molecule has 1 heterocycles. The van der Waals surface area contributed by atoms with Crippen molar-refractivity contribution in [1.29, 1.82) is 0 Å². The fourth-order valence-electron chi connectivity index (χ4n) is 2.54. The molecule has 0 aromatic heterocycles. The summed E-state index contributed by atoms with van der Waals surface area (Å²) in [5.41, 5.74) is 9.90. The summed E-state index contributed by atoms with van der Waals surface area (Å²) in [6.07, 6.45) is 4.49. The minimum absolute atomic E-state index is 0.134. The van der Waals surface area contributed by atoms with Gasteiger partial charge in [0.15, 0.2) is 6.17 Å². The predicted octanol–water partition coefficient (Wildman–Crippen LogP) is 2.96. The van der Waals surface area contributed by atoms with Gasteiger partial charge in [-0.2, -0.15) is 0 Å². The molecule has 0 saturated carbocycles. The molecule has 2 rings (SSSR count). The molecule has 5 nitrogen and oxygen atoms in total. The summed E-state index contributed by atoms with van der Waals surface area (Å²) in [6, 6.07) is 6.20. The van der Waals surface area contributed by atoms with E-state index < -0.39 is 6.17 Å². The maximum atomic E-state index is 10.8. The number of fused-ring (bicyclic) bond motifs is 1. The molecule has 0 amide bonds. The van der Waals surface area contributed by atoms with E-state index in [-0.39, 0.29) is 6.17 Å². The molecule has 1 aliphatic rings. The van der Waals surface area contributed by atoms with Gasteiger partial charge in [0.2, 0.25) is 0 Å². The Kier molecular flexibility index (Phi) is 5.47. The van der Waals surface area contributed by atoms with Crippen LogP contribution < -0.4 is 16.4 Å². The fraction of sp³-hybridized carbons (Fsp3) is 0.500. The molecule has 0 saturated heterocycles. The summed E-state index contributed by atoms with van der Waals surface area (Å²) in [5.74, 6) is 0. The van der Waals surface area contributed by atoms with Gasteiger partial charge in [0, 0.05) is 11.3 Å². The van der Waals surface area contributed by atoms with Gasteiger partial charge in [0.05, 0.1) is 0 Å². The van der Waals surface area contributed by atoms with E-state index in [0.717, 1.165) is 29.8 Å². The van der Waals surface area contributed by atoms with Crippen molar-refractivity contribution in [2.24, 2.45) is 10.9 Å². The summed E-state index contributed by atoms with van der Waals surface area (Å²) < 4.78 is 0. The van der Waals surface area contributed by atoms with Crippen LogP contribution in [-0.2, 0) is 0 Å². The first-order valence-corrected chi connectivity index (χ1v) is 7.55. The third-order valence-electron chi connectivity index (χ3n) is 3.75. The Morgan fingerprint density at radius 2 is 2.24 bits per heavy atom. The lowest BCUT2D eigenvalue weighted by Gasteiger charge is -2.30. The van der Waals surface area contributed by atoms with E-state index in [9.17, 15) is 4.91 Å². The average molecular weight is 288 g/mol. The second-order valence-corrected chi connectivity index (χ2v) is 5.52. The van der Waals surface area contributed by atoms with Gasteiger partial charge in [0.25, 0.3) is 0 Å². The SMILES string of the molecule is CCCCCNC1Nc2ccc(C)cc2C=C1C(N)N=O. The predicted molar refractivity (Wildman–Crippen MR) is 87.9 cm³/mol. The smallest absolute Gasteiger partial charge is 0.165 e. The molecule has 0 aliphatic carbocycles. The highest BCUT2D eigenvalue weighted by Gasteiger charge is 2.25. The molecule has 2 atom stereocenters. The largest absolute Gasteiger partial charge is 0.366 e. The molecular weight excluding hydrogens is 264 g/mol. The number of nitrogens with one attached hydrogen (secondary N) is 2. The van der Waals surface area contributed by atoms with Crippen LogP contribution in [0.3, 0.4) is 0 Å². The topological polar surface area (TPSA) is 79.5 Å². The van der Waals surface area contributed by atoms with Gasteiger partial charge < -0.3 is 11.1 Å². The maximum absolute atomic E-state index is 10.8. The molecule has 2 unspecified atom stereocenters. The second-order valence-electron chi connectivity index (χ2n) is 5.52. The lowest BCUT2D eigenvalue weighted by molar-refractivity contribution is 0.552. The van der Waals surface area contributed by atoms with Crippen molar-refractivity contribution in [3.63, 3.8) is 0 Å². The van der Waals surface area contributed by atoms with Crippen molar-refractivity contribution in [1.82, 2.24) is 5.32 Å². The number of anilines is 1. The number of rotatable bonds is 7. The van der Waals surface area contributed by atoms with Crippen molar-refractivity contribution in [3.05, 3.63) is 39.8 Å². The highest BCUT2D eigenvalue weighted by molar-refractivity contribution is 5.74. The summed E-state index contributed by atoms with van der Waals surface area (Å²) in [6.45, 7) is 5.10. The standard InChI is InChI=1S/C16H24N4O/c1-3-4-5-8-18-16-13(15(17)20-21)10-12-9-11(2)6-7-14(12)19-16/h6-7,9-10,15-16,18-19H,3-5,8,17H2,1-2H3. The lowest BCUT2D eigenvalue weighted by atomic mass is 9.98. The summed E-state index contributed by atoms with van der Waals surface area (Å²) in [5, 5.41) is 9.81. The first kappa shape index (κ1) is 15.7. The van der Waals surface area contributed by atoms with Crippen molar-refractivity contribution in [2.45, 2.75) is 45.4 Å². The number of nitroso groups, excluding NO2 is 1. The van der Waals surface area contributed by atoms with Crippen LogP contribution in [0.15, 0.2) is 28.9 Å². The van der Waals surface area contributed by atoms with Crippen LogP contribution in [0.2, 0.25) is 0 Å². The third-order valence-corrected chi connectivity index (χ3v) is 3.75. The molecule has 114 valence electrons. The monoisotopic (exact) mass is 288 g/mol.